The van der Waals surface area contributed by atoms with Crippen molar-refractivity contribution in [1.29, 1.82) is 0 Å². The molecule has 1 aromatic heterocycles. The number of nitrogens with zero attached hydrogens (tertiary/aromatic N) is 3. The van der Waals surface area contributed by atoms with Gasteiger partial charge in [-0.2, -0.15) is 0 Å². The molecular weight excluding hydrogens is 443 g/mol. The topological polar surface area (TPSA) is 75.2 Å². The van der Waals surface area contributed by atoms with Crippen molar-refractivity contribution < 1.29 is 9.59 Å². The summed E-state index contributed by atoms with van der Waals surface area (Å²) in [6.07, 6.45) is 1.31. The number of amides is 2. The average Bonchev–Trinajstić information content (AvgIpc) is 3.37. The van der Waals surface area contributed by atoms with Crippen LogP contribution >= 0.6 is 34.5 Å². The summed E-state index contributed by atoms with van der Waals surface area (Å²) in [6.45, 7) is 2.49. The fourth-order valence-corrected chi connectivity index (χ4v) is 4.69. The van der Waals surface area contributed by atoms with Gasteiger partial charge >= 0.3 is 0 Å². The second kappa shape index (κ2) is 8.71. The minimum atomic E-state index is -0.587. The lowest BCUT2D eigenvalue weighted by Crippen LogP contribution is -2.43. The van der Waals surface area contributed by atoms with E-state index in [0.29, 0.717) is 28.7 Å². The Bertz CT molecular complexity index is 1120. The molecule has 9 heteroatoms. The Morgan fingerprint density at radius 2 is 2.00 bits per heavy atom. The van der Waals surface area contributed by atoms with Crippen LogP contribution in [-0.2, 0) is 4.79 Å². The van der Waals surface area contributed by atoms with Crippen molar-refractivity contribution in [3.63, 3.8) is 0 Å². The molecule has 1 saturated heterocycles. The number of aryl methyl sites for hydroxylation is 1. The summed E-state index contributed by atoms with van der Waals surface area (Å²) >= 11 is 13.4. The number of benzene rings is 2. The maximum absolute atomic E-state index is 13.0. The van der Waals surface area contributed by atoms with E-state index < -0.39 is 6.04 Å². The lowest BCUT2D eigenvalue weighted by atomic mass is 10.1. The normalized spacial score (nSPS) is 16.0. The quantitative estimate of drug-likeness (QED) is 0.589. The van der Waals surface area contributed by atoms with Crippen molar-refractivity contribution in [2.75, 3.05) is 11.9 Å². The van der Waals surface area contributed by atoms with Gasteiger partial charge in [-0.15, -0.1) is 10.2 Å². The number of rotatable bonds is 4. The molecule has 0 spiro atoms. The summed E-state index contributed by atoms with van der Waals surface area (Å²) in [5.74, 6) is -0.565. The van der Waals surface area contributed by atoms with Crippen LogP contribution in [0.4, 0.5) is 5.13 Å². The Labute approximate surface area is 187 Å². The Hall–Kier alpha value is -2.48. The fraction of sp³-hybridized carbons (Fsp3) is 0.238. The van der Waals surface area contributed by atoms with Crippen LogP contribution in [0.3, 0.4) is 0 Å². The largest absolute Gasteiger partial charge is 0.327 e. The van der Waals surface area contributed by atoms with E-state index in [-0.39, 0.29) is 16.8 Å². The number of anilines is 1. The van der Waals surface area contributed by atoms with Crippen molar-refractivity contribution in [1.82, 2.24) is 15.1 Å². The van der Waals surface area contributed by atoms with E-state index in [1.807, 2.05) is 31.2 Å². The van der Waals surface area contributed by atoms with Crippen LogP contribution in [0.25, 0.3) is 10.6 Å². The Morgan fingerprint density at radius 1 is 1.17 bits per heavy atom. The lowest BCUT2D eigenvalue weighted by molar-refractivity contribution is -0.119. The standard InChI is InChI=1S/C21H18Cl2N4O2S/c1-12-4-2-5-13(10-12)19-25-26-21(30-19)24-18(28)17-6-3-9-27(17)20(29)15-8-7-14(22)11-16(15)23/h2,4-5,7-8,10-11,17H,3,6,9H2,1H3,(H,24,26,28). The molecule has 2 amide bonds. The smallest absolute Gasteiger partial charge is 0.256 e. The van der Waals surface area contributed by atoms with Gasteiger partial charge in [0.05, 0.1) is 10.6 Å². The predicted molar refractivity (Wildman–Crippen MR) is 119 cm³/mol. The molecule has 0 saturated carbocycles. The molecule has 0 aliphatic carbocycles. The molecule has 0 bridgehead atoms. The van der Waals surface area contributed by atoms with E-state index in [0.717, 1.165) is 22.6 Å². The maximum Gasteiger partial charge on any atom is 0.256 e. The second-order valence-corrected chi connectivity index (χ2v) is 8.87. The zero-order valence-corrected chi connectivity index (χ0v) is 18.4. The van der Waals surface area contributed by atoms with Gasteiger partial charge in [-0.05, 0) is 44.0 Å². The molecule has 0 radical (unpaired) electrons. The number of nitrogens with one attached hydrogen (secondary N) is 1. The minimum absolute atomic E-state index is 0.269. The highest BCUT2D eigenvalue weighted by Crippen LogP contribution is 2.29. The van der Waals surface area contributed by atoms with Crippen LogP contribution in [0.1, 0.15) is 28.8 Å². The van der Waals surface area contributed by atoms with Crippen molar-refractivity contribution in [2.24, 2.45) is 0 Å². The van der Waals surface area contributed by atoms with Crippen molar-refractivity contribution in [3.8, 4) is 10.6 Å². The van der Waals surface area contributed by atoms with Crippen molar-refractivity contribution in [3.05, 3.63) is 63.6 Å². The van der Waals surface area contributed by atoms with Crippen LogP contribution in [0.5, 0.6) is 0 Å². The lowest BCUT2D eigenvalue weighted by Gasteiger charge is -2.24. The SMILES string of the molecule is Cc1cccc(-c2nnc(NC(=O)C3CCCN3C(=O)c3ccc(Cl)cc3Cl)s2)c1. The van der Waals surface area contributed by atoms with E-state index in [1.54, 1.807) is 17.0 Å². The average molecular weight is 461 g/mol. The summed E-state index contributed by atoms with van der Waals surface area (Å²) in [5.41, 5.74) is 2.40. The van der Waals surface area contributed by atoms with Crippen molar-refractivity contribution >= 4 is 51.5 Å². The molecule has 1 unspecified atom stereocenters. The molecule has 1 aliphatic heterocycles. The molecule has 1 fully saturated rings. The molecule has 1 atom stereocenters. The second-order valence-electron chi connectivity index (χ2n) is 7.05. The third-order valence-corrected chi connectivity index (χ3v) is 6.33. The molecule has 1 N–H and O–H groups in total. The highest BCUT2D eigenvalue weighted by Gasteiger charge is 2.35. The highest BCUT2D eigenvalue weighted by atomic mass is 35.5. The van der Waals surface area contributed by atoms with Gasteiger partial charge in [-0.25, -0.2) is 0 Å². The maximum atomic E-state index is 13.0. The number of carbonyl (C=O) groups excluding carboxylic acids is 2. The highest BCUT2D eigenvalue weighted by molar-refractivity contribution is 7.18. The van der Waals surface area contributed by atoms with Gasteiger partial charge in [0.2, 0.25) is 11.0 Å². The van der Waals surface area contributed by atoms with Gasteiger partial charge in [0.25, 0.3) is 5.91 Å². The van der Waals surface area contributed by atoms with Gasteiger partial charge < -0.3 is 4.90 Å². The Morgan fingerprint density at radius 3 is 2.77 bits per heavy atom. The van der Waals surface area contributed by atoms with Crippen LogP contribution < -0.4 is 5.32 Å². The first-order chi connectivity index (χ1) is 14.4. The number of hydrogen-bond acceptors (Lipinski definition) is 5. The molecule has 1 aliphatic rings. The molecule has 2 aromatic carbocycles. The van der Waals surface area contributed by atoms with Crippen molar-refractivity contribution in [2.45, 2.75) is 25.8 Å². The van der Waals surface area contributed by atoms with Gasteiger partial charge in [0, 0.05) is 17.1 Å². The molecule has 2 heterocycles. The van der Waals surface area contributed by atoms with E-state index in [2.05, 4.69) is 15.5 Å². The van der Waals surface area contributed by atoms with E-state index in [9.17, 15) is 9.59 Å². The minimum Gasteiger partial charge on any atom is -0.327 e. The zero-order valence-electron chi connectivity index (χ0n) is 16.1. The number of halogens is 2. The monoisotopic (exact) mass is 460 g/mol. The van der Waals surface area contributed by atoms with Gasteiger partial charge in [-0.1, -0.05) is 58.3 Å². The molecule has 154 valence electrons. The third-order valence-electron chi connectivity index (χ3n) is 4.90. The molecule has 3 aromatic rings. The van der Waals surface area contributed by atoms with Gasteiger partial charge in [0.15, 0.2) is 0 Å². The third kappa shape index (κ3) is 4.33. The molecular formula is C21H18Cl2N4O2S. The zero-order chi connectivity index (χ0) is 21.3. The number of aromatic nitrogens is 2. The van der Waals surface area contributed by atoms with Gasteiger partial charge in [-0.3, -0.25) is 14.9 Å². The molecule has 4 rings (SSSR count). The molecule has 30 heavy (non-hydrogen) atoms. The van der Waals surface area contributed by atoms with E-state index in [4.69, 9.17) is 23.2 Å². The van der Waals surface area contributed by atoms with Gasteiger partial charge in [0.1, 0.15) is 11.0 Å². The van der Waals surface area contributed by atoms with Crippen LogP contribution in [-0.4, -0.2) is 39.5 Å². The van der Waals surface area contributed by atoms with Crippen LogP contribution in [0.15, 0.2) is 42.5 Å². The summed E-state index contributed by atoms with van der Waals surface area (Å²) in [4.78, 5) is 27.4. The number of likely N-dealkylation sites (tertiary alicyclic amines) is 1. The fourth-order valence-electron chi connectivity index (χ4n) is 3.46. The summed E-state index contributed by atoms with van der Waals surface area (Å²) in [5, 5.41) is 12.9. The molecule has 6 nitrogen and oxygen atoms in total. The van der Waals surface area contributed by atoms with E-state index in [1.165, 1.54) is 17.4 Å². The first-order valence-corrected chi connectivity index (χ1v) is 11.0. The van der Waals surface area contributed by atoms with E-state index >= 15 is 0 Å². The summed E-state index contributed by atoms with van der Waals surface area (Å²) in [6, 6.07) is 12.1. The predicted octanol–water partition coefficient (Wildman–Crippen LogP) is 5.06. The Kier molecular flexibility index (Phi) is 6.04. The van der Waals surface area contributed by atoms with Crippen LogP contribution in [0.2, 0.25) is 10.0 Å². The Balaban J connectivity index is 1.48. The van der Waals surface area contributed by atoms with Crippen LogP contribution in [0, 0.1) is 6.92 Å². The summed E-state index contributed by atoms with van der Waals surface area (Å²) < 4.78 is 0. The first kappa shape index (κ1) is 20.8. The number of carbonyl (C=O) groups is 2. The summed E-state index contributed by atoms with van der Waals surface area (Å²) in [7, 11) is 0. The first-order valence-electron chi connectivity index (χ1n) is 9.40. The number of hydrogen-bond donors (Lipinski definition) is 1.